The van der Waals surface area contributed by atoms with Crippen LogP contribution in [0.4, 0.5) is 5.00 Å². The number of anilines is 1. The molecule has 0 saturated heterocycles. The lowest BCUT2D eigenvalue weighted by atomic mass is 10.1. The fraction of sp³-hybridized carbons (Fsp3) is 0.250. The summed E-state index contributed by atoms with van der Waals surface area (Å²) in [5.41, 5.74) is 0.997. The van der Waals surface area contributed by atoms with Gasteiger partial charge in [0.05, 0.1) is 34.8 Å². The quantitative estimate of drug-likeness (QED) is 0.492. The third kappa shape index (κ3) is 4.09. The molecule has 0 aliphatic carbocycles. The maximum Gasteiger partial charge on any atom is 0.341 e. The maximum atomic E-state index is 12.5. The van der Waals surface area contributed by atoms with Gasteiger partial charge >= 0.3 is 5.97 Å². The second kappa shape index (κ2) is 8.36. The highest BCUT2D eigenvalue weighted by Gasteiger charge is 2.24. The summed E-state index contributed by atoms with van der Waals surface area (Å²) in [6.07, 6.45) is 1.40. The molecule has 2 aromatic heterocycles. The van der Waals surface area contributed by atoms with E-state index in [2.05, 4.69) is 10.3 Å². The van der Waals surface area contributed by atoms with Gasteiger partial charge in [-0.25, -0.2) is 9.78 Å². The summed E-state index contributed by atoms with van der Waals surface area (Å²) in [5, 5.41) is 3.39. The maximum absolute atomic E-state index is 12.5. The molecule has 0 aliphatic rings. The summed E-state index contributed by atoms with van der Waals surface area (Å²) in [6, 6.07) is 6.97. The molecule has 3 aromatic rings. The van der Waals surface area contributed by atoms with Gasteiger partial charge in [-0.05, 0) is 31.5 Å². The van der Waals surface area contributed by atoms with E-state index in [0.717, 1.165) is 11.3 Å². The Kier molecular flexibility index (Phi) is 5.88. The molecule has 9 heteroatoms. The van der Waals surface area contributed by atoms with Crippen LogP contribution in [0.3, 0.4) is 0 Å². The van der Waals surface area contributed by atoms with Gasteiger partial charge in [-0.3, -0.25) is 19.0 Å². The van der Waals surface area contributed by atoms with E-state index < -0.39 is 11.9 Å². The number of amides is 1. The van der Waals surface area contributed by atoms with Crippen molar-refractivity contribution < 1.29 is 19.1 Å². The van der Waals surface area contributed by atoms with Crippen LogP contribution in [0.1, 0.15) is 38.9 Å². The lowest BCUT2D eigenvalue weighted by Gasteiger charge is -2.08. The van der Waals surface area contributed by atoms with Crippen LogP contribution >= 0.6 is 11.3 Å². The van der Waals surface area contributed by atoms with Crippen molar-refractivity contribution in [3.8, 4) is 0 Å². The van der Waals surface area contributed by atoms with Crippen LogP contribution in [0.2, 0.25) is 0 Å². The van der Waals surface area contributed by atoms with Crippen LogP contribution in [-0.4, -0.2) is 34.3 Å². The average molecular weight is 413 g/mol. The molecular weight excluding hydrogens is 394 g/mol. The van der Waals surface area contributed by atoms with E-state index in [1.165, 1.54) is 24.9 Å². The summed E-state index contributed by atoms with van der Waals surface area (Å²) < 4.78 is 6.13. The van der Waals surface area contributed by atoms with E-state index in [1.807, 2.05) is 0 Å². The van der Waals surface area contributed by atoms with Crippen LogP contribution in [0, 0.1) is 6.92 Å². The Bertz CT molecular complexity index is 1180. The molecule has 1 amide bonds. The topological polar surface area (TPSA) is 107 Å². The number of carbonyl (C=O) groups is 3. The van der Waals surface area contributed by atoms with E-state index in [-0.39, 0.29) is 34.9 Å². The van der Waals surface area contributed by atoms with Crippen LogP contribution in [-0.2, 0) is 16.1 Å². The molecule has 1 aromatic carbocycles. The predicted molar refractivity (Wildman–Crippen MR) is 110 cm³/mol. The zero-order chi connectivity index (χ0) is 21.1. The monoisotopic (exact) mass is 413 g/mol. The first-order chi connectivity index (χ1) is 13.8. The number of rotatable bonds is 6. The predicted octanol–water partition coefficient (Wildman–Crippen LogP) is 2.78. The fourth-order valence-electron chi connectivity index (χ4n) is 2.96. The highest BCUT2D eigenvalue weighted by molar-refractivity contribution is 7.18. The van der Waals surface area contributed by atoms with Crippen molar-refractivity contribution in [1.82, 2.24) is 9.55 Å². The first kappa shape index (κ1) is 20.4. The summed E-state index contributed by atoms with van der Waals surface area (Å²) >= 11 is 1.03. The lowest BCUT2D eigenvalue weighted by molar-refractivity contribution is -0.116. The molecule has 0 unspecified atom stereocenters. The molecule has 0 saturated carbocycles. The highest BCUT2D eigenvalue weighted by atomic mass is 32.1. The molecular formula is C20H19N3O5S. The minimum absolute atomic E-state index is 0.00705. The Labute approximate surface area is 170 Å². The Morgan fingerprint density at radius 3 is 2.66 bits per heavy atom. The number of ether oxygens (including phenoxy) is 1. The number of para-hydroxylation sites is 1. The van der Waals surface area contributed by atoms with Gasteiger partial charge in [0, 0.05) is 13.0 Å². The molecule has 150 valence electrons. The van der Waals surface area contributed by atoms with Crippen molar-refractivity contribution >= 4 is 44.9 Å². The van der Waals surface area contributed by atoms with Gasteiger partial charge in [-0.15, -0.1) is 11.3 Å². The van der Waals surface area contributed by atoms with Crippen molar-refractivity contribution in [2.24, 2.45) is 0 Å². The Morgan fingerprint density at radius 1 is 1.24 bits per heavy atom. The van der Waals surface area contributed by atoms with Crippen molar-refractivity contribution in [3.05, 3.63) is 57.0 Å². The third-order valence-corrected chi connectivity index (χ3v) is 5.73. The number of hydrogen-bond donors (Lipinski definition) is 1. The molecule has 2 heterocycles. The number of methoxy groups -OCH3 is 1. The Hall–Kier alpha value is -3.33. The normalized spacial score (nSPS) is 10.7. The smallest absolute Gasteiger partial charge is 0.341 e. The number of esters is 1. The molecule has 3 rings (SSSR count). The van der Waals surface area contributed by atoms with E-state index in [1.54, 1.807) is 31.2 Å². The number of fused-ring (bicyclic) bond motifs is 1. The molecule has 0 bridgehead atoms. The van der Waals surface area contributed by atoms with Crippen LogP contribution in [0.15, 0.2) is 35.4 Å². The number of nitrogens with one attached hydrogen (secondary N) is 1. The van der Waals surface area contributed by atoms with E-state index in [4.69, 9.17) is 4.74 Å². The Balaban J connectivity index is 1.79. The van der Waals surface area contributed by atoms with Crippen molar-refractivity contribution in [2.75, 3.05) is 12.4 Å². The average Bonchev–Trinajstić information content (AvgIpc) is 3.03. The van der Waals surface area contributed by atoms with Gasteiger partial charge in [-0.2, -0.15) is 0 Å². The van der Waals surface area contributed by atoms with Crippen LogP contribution in [0.5, 0.6) is 0 Å². The second-order valence-corrected chi connectivity index (χ2v) is 7.39. The Morgan fingerprint density at radius 2 is 1.97 bits per heavy atom. The summed E-state index contributed by atoms with van der Waals surface area (Å²) in [6.45, 7) is 3.15. The molecule has 0 atom stereocenters. The first-order valence-electron chi connectivity index (χ1n) is 8.80. The zero-order valence-electron chi connectivity index (χ0n) is 16.1. The van der Waals surface area contributed by atoms with Gasteiger partial charge in [0.2, 0.25) is 5.91 Å². The van der Waals surface area contributed by atoms with Gasteiger partial charge in [0.15, 0.2) is 5.78 Å². The van der Waals surface area contributed by atoms with Gasteiger partial charge in [0.1, 0.15) is 5.00 Å². The summed E-state index contributed by atoms with van der Waals surface area (Å²) in [4.78, 5) is 53.4. The first-order valence-corrected chi connectivity index (χ1v) is 9.61. The number of nitrogens with zero attached hydrogens (tertiary/aromatic N) is 2. The number of hydrogen-bond acceptors (Lipinski definition) is 7. The number of thiophene rings is 1. The standard InChI is InChI=1S/C20H19N3O5S/c1-11-16(20(27)28-3)18(29-17(11)12(2)24)22-15(25)8-9-23-10-21-14-7-5-4-6-13(14)19(23)26/h4-7,10H,8-9H2,1-3H3,(H,22,25). The van der Waals surface area contributed by atoms with Crippen LogP contribution < -0.4 is 10.9 Å². The number of benzene rings is 1. The van der Waals surface area contributed by atoms with Crippen LogP contribution in [0.25, 0.3) is 10.9 Å². The van der Waals surface area contributed by atoms with Crippen molar-refractivity contribution in [1.29, 1.82) is 0 Å². The lowest BCUT2D eigenvalue weighted by Crippen LogP contribution is -2.23. The van der Waals surface area contributed by atoms with Gasteiger partial charge in [0.25, 0.3) is 5.56 Å². The highest BCUT2D eigenvalue weighted by Crippen LogP contribution is 2.34. The van der Waals surface area contributed by atoms with E-state index in [0.29, 0.717) is 21.3 Å². The van der Waals surface area contributed by atoms with Gasteiger partial charge in [-0.1, -0.05) is 12.1 Å². The molecule has 0 fully saturated rings. The minimum Gasteiger partial charge on any atom is -0.465 e. The number of aromatic nitrogens is 2. The van der Waals surface area contributed by atoms with E-state index >= 15 is 0 Å². The molecule has 1 N–H and O–H groups in total. The van der Waals surface area contributed by atoms with Gasteiger partial charge < -0.3 is 10.1 Å². The number of aryl methyl sites for hydroxylation is 1. The van der Waals surface area contributed by atoms with E-state index in [9.17, 15) is 19.2 Å². The molecule has 0 aliphatic heterocycles. The SMILES string of the molecule is COC(=O)c1c(NC(=O)CCn2cnc3ccccc3c2=O)sc(C(C)=O)c1C. The second-order valence-electron chi connectivity index (χ2n) is 6.37. The summed E-state index contributed by atoms with van der Waals surface area (Å²) in [5.74, 6) is -1.23. The number of carbonyl (C=O) groups excluding carboxylic acids is 3. The summed E-state index contributed by atoms with van der Waals surface area (Å²) in [7, 11) is 1.23. The molecule has 0 radical (unpaired) electrons. The number of ketones is 1. The zero-order valence-corrected chi connectivity index (χ0v) is 17.0. The minimum atomic E-state index is -0.628. The molecule has 0 spiro atoms. The third-order valence-electron chi connectivity index (χ3n) is 4.42. The largest absolute Gasteiger partial charge is 0.465 e. The van der Waals surface area contributed by atoms with Crippen molar-refractivity contribution in [3.63, 3.8) is 0 Å². The fourth-order valence-corrected chi connectivity index (χ4v) is 4.07. The number of Topliss-reactive ketones (excluding diaryl/α,β-unsaturated/α-hetero) is 1. The molecule has 8 nitrogen and oxygen atoms in total. The molecule has 29 heavy (non-hydrogen) atoms. The van der Waals surface area contributed by atoms with Crippen molar-refractivity contribution in [2.45, 2.75) is 26.8 Å².